The molecular weight excluding hydrogens is 266 g/mol. The first kappa shape index (κ1) is 14.0. The van der Waals surface area contributed by atoms with Crippen LogP contribution in [0, 0.1) is 0 Å². The lowest BCUT2D eigenvalue weighted by Crippen LogP contribution is -2.38. The van der Waals surface area contributed by atoms with Crippen molar-refractivity contribution in [2.45, 2.75) is 26.1 Å². The van der Waals surface area contributed by atoms with Gasteiger partial charge >= 0.3 is 0 Å². The second-order valence-corrected chi connectivity index (χ2v) is 5.25. The summed E-state index contributed by atoms with van der Waals surface area (Å²) < 4.78 is 7.76. The van der Waals surface area contributed by atoms with Crippen LogP contribution in [0.2, 0.25) is 0 Å². The maximum absolute atomic E-state index is 6.39. The van der Waals surface area contributed by atoms with Gasteiger partial charge in [0.05, 0.1) is 13.2 Å². The molecule has 2 heterocycles. The van der Waals surface area contributed by atoms with Gasteiger partial charge in [-0.1, -0.05) is 18.2 Å². The van der Waals surface area contributed by atoms with Crippen LogP contribution in [-0.2, 0) is 13.1 Å². The number of fused-ring (bicyclic) bond motifs is 1. The molecule has 0 amide bonds. The van der Waals surface area contributed by atoms with Gasteiger partial charge < -0.3 is 15.0 Å². The number of nitrogens with two attached hydrogens (primary N) is 1. The summed E-state index contributed by atoms with van der Waals surface area (Å²) in [4.78, 5) is 2.32. The van der Waals surface area contributed by atoms with E-state index < -0.39 is 0 Å². The number of aromatic nitrogens is 3. The zero-order valence-corrected chi connectivity index (χ0v) is 12.3. The van der Waals surface area contributed by atoms with Gasteiger partial charge in [-0.25, -0.2) is 0 Å². The summed E-state index contributed by atoms with van der Waals surface area (Å²) in [6, 6.07) is 7.94. The summed E-state index contributed by atoms with van der Waals surface area (Å²) in [5.74, 6) is 1.89. The molecule has 0 spiro atoms. The molecule has 1 aliphatic rings. The summed E-state index contributed by atoms with van der Waals surface area (Å²) in [7, 11) is 0. The first-order valence-corrected chi connectivity index (χ1v) is 7.34. The Morgan fingerprint density at radius 1 is 1.33 bits per heavy atom. The Labute approximate surface area is 124 Å². The van der Waals surface area contributed by atoms with Crippen molar-refractivity contribution < 1.29 is 4.74 Å². The first-order chi connectivity index (χ1) is 10.3. The van der Waals surface area contributed by atoms with E-state index in [1.54, 1.807) is 6.33 Å². The maximum atomic E-state index is 6.39. The zero-order valence-electron chi connectivity index (χ0n) is 12.3. The Morgan fingerprint density at radius 2 is 2.19 bits per heavy atom. The van der Waals surface area contributed by atoms with Crippen molar-refractivity contribution in [3.05, 3.63) is 42.0 Å². The predicted octanol–water partition coefficient (Wildman–Crippen LogP) is 1.19. The zero-order chi connectivity index (χ0) is 14.7. The molecule has 0 saturated heterocycles. The number of nitrogens with zero attached hydrogens (tertiary/aromatic N) is 4. The van der Waals surface area contributed by atoms with Crippen LogP contribution in [-0.4, -0.2) is 39.4 Å². The second kappa shape index (κ2) is 6.24. The lowest BCUT2D eigenvalue weighted by atomic mass is 10.1. The summed E-state index contributed by atoms with van der Waals surface area (Å²) in [6.07, 6.45) is 1.79. The molecule has 2 N–H and O–H groups in total. The van der Waals surface area contributed by atoms with Crippen LogP contribution in [0.15, 0.2) is 30.6 Å². The molecule has 0 saturated carbocycles. The van der Waals surface area contributed by atoms with Crippen LogP contribution in [0.25, 0.3) is 0 Å². The van der Waals surface area contributed by atoms with Crippen molar-refractivity contribution in [1.82, 2.24) is 19.7 Å². The molecule has 0 radical (unpaired) electrons. The lowest BCUT2D eigenvalue weighted by Gasteiger charge is -2.29. The van der Waals surface area contributed by atoms with Crippen LogP contribution < -0.4 is 10.5 Å². The van der Waals surface area contributed by atoms with E-state index in [4.69, 9.17) is 10.5 Å². The van der Waals surface area contributed by atoms with Crippen molar-refractivity contribution in [2.24, 2.45) is 5.73 Å². The Hall–Kier alpha value is -1.92. The molecule has 1 atom stereocenters. The highest BCUT2D eigenvalue weighted by Crippen LogP contribution is 2.25. The molecule has 1 aliphatic heterocycles. The third-order valence-corrected chi connectivity index (χ3v) is 3.79. The van der Waals surface area contributed by atoms with E-state index in [0.717, 1.165) is 43.3 Å². The fraction of sp³-hybridized carbons (Fsp3) is 0.467. The van der Waals surface area contributed by atoms with Crippen molar-refractivity contribution in [3.8, 4) is 5.75 Å². The summed E-state index contributed by atoms with van der Waals surface area (Å²) >= 11 is 0. The van der Waals surface area contributed by atoms with Gasteiger partial charge in [0, 0.05) is 31.2 Å². The summed E-state index contributed by atoms with van der Waals surface area (Å²) in [5.41, 5.74) is 7.45. The molecule has 3 rings (SSSR count). The minimum atomic E-state index is -0.0674. The Balaban J connectivity index is 1.68. The predicted molar refractivity (Wildman–Crippen MR) is 79.8 cm³/mol. The quantitative estimate of drug-likeness (QED) is 0.894. The highest BCUT2D eigenvalue weighted by Gasteiger charge is 2.21. The fourth-order valence-corrected chi connectivity index (χ4v) is 2.72. The number of para-hydroxylation sites is 1. The van der Waals surface area contributed by atoms with E-state index in [9.17, 15) is 0 Å². The number of benzene rings is 1. The van der Waals surface area contributed by atoms with Gasteiger partial charge in [0.2, 0.25) is 0 Å². The van der Waals surface area contributed by atoms with Gasteiger partial charge in [0.1, 0.15) is 17.9 Å². The molecule has 0 aliphatic carbocycles. The van der Waals surface area contributed by atoms with Crippen LogP contribution in [0.3, 0.4) is 0 Å². The molecule has 6 heteroatoms. The van der Waals surface area contributed by atoms with Crippen molar-refractivity contribution in [2.75, 3.05) is 19.7 Å². The average Bonchev–Trinajstić information content (AvgIpc) is 2.95. The maximum Gasteiger partial charge on any atom is 0.147 e. The Kier molecular flexibility index (Phi) is 4.17. The van der Waals surface area contributed by atoms with Gasteiger partial charge in [-0.05, 0) is 13.0 Å². The third kappa shape index (κ3) is 3.06. The minimum Gasteiger partial charge on any atom is -0.494 e. The van der Waals surface area contributed by atoms with E-state index in [-0.39, 0.29) is 6.04 Å². The average molecular weight is 287 g/mol. The summed E-state index contributed by atoms with van der Waals surface area (Å²) in [5, 5.41) is 8.09. The third-order valence-electron chi connectivity index (χ3n) is 3.79. The van der Waals surface area contributed by atoms with Gasteiger partial charge in [-0.3, -0.25) is 4.90 Å². The molecule has 1 aromatic heterocycles. The van der Waals surface area contributed by atoms with Crippen LogP contribution in [0.1, 0.15) is 24.4 Å². The second-order valence-electron chi connectivity index (χ2n) is 5.25. The topological polar surface area (TPSA) is 69.2 Å². The van der Waals surface area contributed by atoms with Crippen molar-refractivity contribution >= 4 is 0 Å². The fourth-order valence-electron chi connectivity index (χ4n) is 2.72. The lowest BCUT2D eigenvalue weighted by molar-refractivity contribution is 0.203. The van der Waals surface area contributed by atoms with Crippen LogP contribution in [0.4, 0.5) is 0 Å². The van der Waals surface area contributed by atoms with Crippen LogP contribution in [0.5, 0.6) is 5.75 Å². The van der Waals surface area contributed by atoms with E-state index in [0.29, 0.717) is 6.61 Å². The molecule has 21 heavy (non-hydrogen) atoms. The first-order valence-electron chi connectivity index (χ1n) is 7.34. The largest absolute Gasteiger partial charge is 0.494 e. The number of ether oxygens (including phenoxy) is 1. The number of hydrogen-bond donors (Lipinski definition) is 1. The van der Waals surface area contributed by atoms with Crippen molar-refractivity contribution in [3.63, 3.8) is 0 Å². The van der Waals surface area contributed by atoms with Crippen molar-refractivity contribution in [1.29, 1.82) is 0 Å². The molecule has 112 valence electrons. The minimum absolute atomic E-state index is 0.0674. The highest BCUT2D eigenvalue weighted by molar-refractivity contribution is 5.36. The SMILES string of the molecule is CCOc1ccccc1C(N)CN1CCn2cnnc2C1. The molecule has 1 unspecified atom stereocenters. The molecule has 1 aromatic carbocycles. The Morgan fingerprint density at radius 3 is 3.05 bits per heavy atom. The van der Waals surface area contributed by atoms with Crippen LogP contribution >= 0.6 is 0 Å². The van der Waals surface area contributed by atoms with Gasteiger partial charge in [0.25, 0.3) is 0 Å². The summed E-state index contributed by atoms with van der Waals surface area (Å²) in [6.45, 7) is 6.11. The Bertz CT molecular complexity index is 597. The number of hydrogen-bond acceptors (Lipinski definition) is 5. The van der Waals surface area contributed by atoms with E-state index >= 15 is 0 Å². The molecule has 6 nitrogen and oxygen atoms in total. The molecule has 0 fully saturated rings. The van der Waals surface area contributed by atoms with Gasteiger partial charge in [-0.2, -0.15) is 0 Å². The van der Waals surface area contributed by atoms with Gasteiger partial charge in [-0.15, -0.1) is 10.2 Å². The van der Waals surface area contributed by atoms with Gasteiger partial charge in [0.15, 0.2) is 0 Å². The van der Waals surface area contributed by atoms with E-state index in [2.05, 4.69) is 19.7 Å². The number of rotatable bonds is 5. The molecule has 0 bridgehead atoms. The smallest absolute Gasteiger partial charge is 0.147 e. The monoisotopic (exact) mass is 287 g/mol. The highest BCUT2D eigenvalue weighted by atomic mass is 16.5. The normalized spacial score (nSPS) is 16.5. The standard InChI is InChI=1S/C15H21N5O/c1-2-21-14-6-4-3-5-12(14)13(16)9-19-7-8-20-11-17-18-15(20)10-19/h3-6,11,13H,2,7-10,16H2,1H3. The van der Waals surface area contributed by atoms with E-state index in [1.165, 1.54) is 0 Å². The molecular formula is C15H21N5O. The van der Waals surface area contributed by atoms with E-state index in [1.807, 2.05) is 31.2 Å². The molecule has 2 aromatic rings.